The van der Waals surface area contributed by atoms with Crippen LogP contribution in [0.2, 0.25) is 0 Å². The van der Waals surface area contributed by atoms with Gasteiger partial charge in [0.25, 0.3) is 0 Å². The van der Waals surface area contributed by atoms with E-state index in [9.17, 15) is 8.42 Å². The van der Waals surface area contributed by atoms with Crippen LogP contribution in [0, 0.1) is 0 Å². The van der Waals surface area contributed by atoms with Gasteiger partial charge in [0, 0.05) is 13.1 Å². The van der Waals surface area contributed by atoms with Crippen molar-refractivity contribution in [1.29, 1.82) is 0 Å². The molecular formula is C15H22BNO4S. The third-order valence-electron chi connectivity index (χ3n) is 4.92. The number of hydrogen-bond donors (Lipinski definition) is 1. The van der Waals surface area contributed by atoms with Gasteiger partial charge in [-0.25, -0.2) is 8.42 Å². The topological polar surface area (TPSA) is 64.6 Å². The van der Waals surface area contributed by atoms with Gasteiger partial charge >= 0.3 is 7.12 Å². The maximum Gasteiger partial charge on any atom is 0.494 e. The summed E-state index contributed by atoms with van der Waals surface area (Å²) >= 11 is 0. The normalized spacial score (nSPS) is 24.3. The van der Waals surface area contributed by atoms with Gasteiger partial charge in [-0.2, -0.15) is 0 Å². The molecule has 1 N–H and O–H groups in total. The van der Waals surface area contributed by atoms with Crippen LogP contribution in [0.3, 0.4) is 0 Å². The zero-order valence-corrected chi connectivity index (χ0v) is 14.2. The van der Waals surface area contributed by atoms with Crippen molar-refractivity contribution in [3.8, 4) is 0 Å². The highest BCUT2D eigenvalue weighted by molar-refractivity contribution is 7.92. The zero-order valence-electron chi connectivity index (χ0n) is 13.4. The van der Waals surface area contributed by atoms with Gasteiger partial charge in [-0.15, -0.1) is 0 Å². The Morgan fingerprint density at radius 2 is 1.55 bits per heavy atom. The van der Waals surface area contributed by atoms with E-state index in [1.54, 1.807) is 24.3 Å². The Balaban J connectivity index is 1.81. The molecule has 1 aromatic carbocycles. The molecule has 2 aliphatic heterocycles. The highest BCUT2D eigenvalue weighted by Gasteiger charge is 2.51. The summed E-state index contributed by atoms with van der Waals surface area (Å²) in [6, 6.07) is 6.85. The van der Waals surface area contributed by atoms with Gasteiger partial charge in [-0.3, -0.25) is 0 Å². The molecule has 0 bridgehead atoms. The van der Waals surface area contributed by atoms with Crippen molar-refractivity contribution in [3.63, 3.8) is 0 Å². The van der Waals surface area contributed by atoms with Crippen molar-refractivity contribution in [2.75, 3.05) is 13.1 Å². The number of benzene rings is 1. The number of sulfone groups is 1. The Labute approximate surface area is 132 Å². The van der Waals surface area contributed by atoms with Crippen molar-refractivity contribution < 1.29 is 17.7 Å². The molecule has 2 heterocycles. The average Bonchev–Trinajstić information content (AvgIpc) is 2.56. The second-order valence-electron chi connectivity index (χ2n) is 6.98. The number of hydrogen-bond acceptors (Lipinski definition) is 5. The molecule has 0 saturated carbocycles. The third-order valence-corrected chi connectivity index (χ3v) is 7.06. The molecular weight excluding hydrogens is 301 g/mol. The SMILES string of the molecule is CC1(C)OB(c2ccc(S(=O)(=O)C3CNC3)cc2)OC1(C)C. The molecule has 0 amide bonds. The molecule has 0 radical (unpaired) electrons. The minimum absolute atomic E-state index is 0.310. The van der Waals surface area contributed by atoms with E-state index < -0.39 is 28.2 Å². The van der Waals surface area contributed by atoms with E-state index >= 15 is 0 Å². The first-order valence-electron chi connectivity index (χ1n) is 7.54. The molecule has 2 fully saturated rings. The smallest absolute Gasteiger partial charge is 0.399 e. The molecule has 0 aliphatic carbocycles. The summed E-state index contributed by atoms with van der Waals surface area (Å²) in [5.74, 6) is 0. The minimum Gasteiger partial charge on any atom is -0.399 e. The molecule has 0 spiro atoms. The molecule has 2 saturated heterocycles. The van der Waals surface area contributed by atoms with Crippen LogP contribution < -0.4 is 10.8 Å². The van der Waals surface area contributed by atoms with Crippen molar-refractivity contribution in [3.05, 3.63) is 24.3 Å². The lowest BCUT2D eigenvalue weighted by atomic mass is 9.79. The zero-order chi connectivity index (χ0) is 16.2. The minimum atomic E-state index is -3.23. The molecule has 22 heavy (non-hydrogen) atoms. The van der Waals surface area contributed by atoms with Crippen molar-refractivity contribution >= 4 is 22.4 Å². The van der Waals surface area contributed by atoms with Gasteiger partial charge in [0.1, 0.15) is 0 Å². The molecule has 0 atom stereocenters. The fourth-order valence-electron chi connectivity index (χ4n) is 2.47. The second kappa shape index (κ2) is 5.06. The van der Waals surface area contributed by atoms with E-state index in [-0.39, 0.29) is 5.25 Å². The van der Waals surface area contributed by atoms with E-state index in [0.717, 1.165) is 5.46 Å². The van der Waals surface area contributed by atoms with E-state index in [0.29, 0.717) is 18.0 Å². The summed E-state index contributed by atoms with van der Waals surface area (Å²) in [7, 11) is -3.70. The van der Waals surface area contributed by atoms with Crippen LogP contribution in [0.5, 0.6) is 0 Å². The lowest BCUT2D eigenvalue weighted by Gasteiger charge is -2.32. The van der Waals surface area contributed by atoms with Crippen molar-refractivity contribution in [2.24, 2.45) is 0 Å². The van der Waals surface area contributed by atoms with Crippen molar-refractivity contribution in [1.82, 2.24) is 5.32 Å². The van der Waals surface area contributed by atoms with Crippen molar-refractivity contribution in [2.45, 2.75) is 49.0 Å². The summed E-state index contributed by atoms with van der Waals surface area (Å²) in [5, 5.41) is 2.68. The standard InChI is InChI=1S/C15H22BNO4S/c1-14(2)15(3,4)21-16(20-14)11-5-7-12(8-6-11)22(18,19)13-9-17-10-13/h5-8,13,17H,9-10H2,1-4H3. The van der Waals surface area contributed by atoms with Gasteiger partial charge in [0.15, 0.2) is 9.84 Å². The fourth-order valence-corrected chi connectivity index (χ4v) is 4.04. The van der Waals surface area contributed by atoms with Gasteiger partial charge < -0.3 is 14.6 Å². The van der Waals surface area contributed by atoms with Crippen LogP contribution in [0.4, 0.5) is 0 Å². The van der Waals surface area contributed by atoms with Gasteiger partial charge in [-0.1, -0.05) is 12.1 Å². The van der Waals surface area contributed by atoms with Gasteiger partial charge in [-0.05, 0) is 45.3 Å². The predicted molar refractivity (Wildman–Crippen MR) is 86.0 cm³/mol. The van der Waals surface area contributed by atoms with Crippen LogP contribution in [-0.2, 0) is 19.1 Å². The quantitative estimate of drug-likeness (QED) is 0.831. The first kappa shape index (κ1) is 16.0. The Morgan fingerprint density at radius 3 is 1.95 bits per heavy atom. The summed E-state index contributed by atoms with van der Waals surface area (Å²) in [4.78, 5) is 0.360. The lowest BCUT2D eigenvalue weighted by Crippen LogP contribution is -2.51. The molecule has 5 nitrogen and oxygen atoms in total. The van der Waals surface area contributed by atoms with Crippen LogP contribution in [0.15, 0.2) is 29.2 Å². The molecule has 2 aliphatic rings. The Kier molecular flexibility index (Phi) is 3.68. The molecule has 0 aromatic heterocycles. The molecule has 3 rings (SSSR count). The summed E-state index contributed by atoms with van der Waals surface area (Å²) in [5.41, 5.74) is 0.0318. The van der Waals surface area contributed by atoms with Crippen LogP contribution >= 0.6 is 0 Å². The highest BCUT2D eigenvalue weighted by Crippen LogP contribution is 2.36. The summed E-state index contributed by atoms with van der Waals surface area (Å²) < 4.78 is 36.6. The molecule has 0 unspecified atom stereocenters. The largest absolute Gasteiger partial charge is 0.494 e. The first-order valence-corrected chi connectivity index (χ1v) is 9.08. The number of rotatable bonds is 3. The predicted octanol–water partition coefficient (Wildman–Crippen LogP) is 0.731. The fraction of sp³-hybridized carbons (Fsp3) is 0.600. The molecule has 7 heteroatoms. The Morgan fingerprint density at radius 1 is 1.05 bits per heavy atom. The van der Waals surface area contributed by atoms with Gasteiger partial charge in [0.2, 0.25) is 0 Å². The van der Waals surface area contributed by atoms with Crippen LogP contribution in [0.1, 0.15) is 27.7 Å². The van der Waals surface area contributed by atoms with Crippen LogP contribution in [-0.4, -0.2) is 45.1 Å². The van der Waals surface area contributed by atoms with E-state index in [2.05, 4.69) is 5.32 Å². The second-order valence-corrected chi connectivity index (χ2v) is 9.21. The monoisotopic (exact) mass is 323 g/mol. The van der Waals surface area contributed by atoms with E-state index in [4.69, 9.17) is 9.31 Å². The molecule has 120 valence electrons. The maximum absolute atomic E-state index is 12.4. The van der Waals surface area contributed by atoms with Crippen LogP contribution in [0.25, 0.3) is 0 Å². The summed E-state index contributed by atoms with van der Waals surface area (Å²) in [6.07, 6.45) is 0. The highest BCUT2D eigenvalue weighted by atomic mass is 32.2. The first-order chi connectivity index (χ1) is 10.1. The van der Waals surface area contributed by atoms with E-state index in [1.165, 1.54) is 0 Å². The summed E-state index contributed by atoms with van der Waals surface area (Å²) in [6.45, 7) is 9.04. The maximum atomic E-state index is 12.4. The average molecular weight is 323 g/mol. The van der Waals surface area contributed by atoms with Gasteiger partial charge in [0.05, 0.1) is 21.3 Å². The van der Waals surface area contributed by atoms with E-state index in [1.807, 2.05) is 27.7 Å². The lowest BCUT2D eigenvalue weighted by molar-refractivity contribution is 0.00578. The number of nitrogens with one attached hydrogen (secondary N) is 1. The Hall–Kier alpha value is -0.885. The molecule has 1 aromatic rings. The Bertz CT molecular complexity index is 649. The third kappa shape index (κ3) is 2.50.